The molecule has 0 atom stereocenters. The fraction of sp³-hybridized carbons (Fsp3) is 0.200. The van der Waals surface area contributed by atoms with E-state index in [1.807, 2.05) is 0 Å². The van der Waals surface area contributed by atoms with Gasteiger partial charge in [-0.3, -0.25) is 9.78 Å². The molecule has 1 aromatic heterocycles. The molecule has 0 fully saturated rings. The summed E-state index contributed by atoms with van der Waals surface area (Å²) in [5.41, 5.74) is 1.21. The molecule has 0 aliphatic carbocycles. The topological polar surface area (TPSA) is 97.4 Å². The lowest BCUT2D eigenvalue weighted by atomic mass is 10.3. The highest BCUT2D eigenvalue weighted by Crippen LogP contribution is 2.27. The van der Waals surface area contributed by atoms with Crippen LogP contribution in [0.3, 0.4) is 0 Å². The number of nitrogens with one attached hydrogen (secondary N) is 2. The first-order valence-electron chi connectivity index (χ1n) is 6.76. The fourth-order valence-electron chi connectivity index (χ4n) is 1.89. The molecule has 0 aliphatic rings. The number of aromatic nitrogens is 1. The first-order valence-corrected chi connectivity index (χ1v) is 8.25. The number of hydrogen-bond donors (Lipinski definition) is 2. The van der Waals surface area contributed by atoms with Gasteiger partial charge in [-0.05, 0) is 29.8 Å². The van der Waals surface area contributed by atoms with Crippen LogP contribution in [0.1, 0.15) is 12.5 Å². The zero-order chi connectivity index (χ0) is 16.9. The van der Waals surface area contributed by atoms with Gasteiger partial charge in [-0.2, -0.15) is 0 Å². The third kappa shape index (κ3) is 4.51. The van der Waals surface area contributed by atoms with Crippen molar-refractivity contribution < 1.29 is 17.9 Å². The largest absolute Gasteiger partial charge is 0.495 e. The number of rotatable bonds is 6. The average Bonchev–Trinajstić information content (AvgIpc) is 2.54. The molecule has 2 rings (SSSR count). The molecule has 0 radical (unpaired) electrons. The number of sulfonamides is 1. The Hall–Kier alpha value is -2.45. The van der Waals surface area contributed by atoms with Crippen molar-refractivity contribution >= 4 is 21.6 Å². The summed E-state index contributed by atoms with van der Waals surface area (Å²) in [7, 11) is -2.30. The number of carbonyl (C=O) groups excluding carboxylic acids is 1. The molecule has 0 unspecified atom stereocenters. The van der Waals surface area contributed by atoms with Crippen LogP contribution in [0.15, 0.2) is 47.6 Å². The Labute approximate surface area is 134 Å². The lowest BCUT2D eigenvalue weighted by Crippen LogP contribution is -2.23. The average molecular weight is 335 g/mol. The molecule has 0 saturated carbocycles. The summed E-state index contributed by atoms with van der Waals surface area (Å²) in [6.07, 6.45) is 3.18. The first-order chi connectivity index (χ1) is 10.9. The second-order valence-electron chi connectivity index (χ2n) is 4.72. The number of amides is 1. The zero-order valence-electron chi connectivity index (χ0n) is 12.7. The van der Waals surface area contributed by atoms with E-state index < -0.39 is 10.0 Å². The molecule has 0 aliphatic heterocycles. The van der Waals surface area contributed by atoms with Gasteiger partial charge < -0.3 is 10.1 Å². The van der Waals surface area contributed by atoms with Gasteiger partial charge in [0.2, 0.25) is 15.9 Å². The normalized spacial score (nSPS) is 11.0. The Morgan fingerprint density at radius 3 is 2.52 bits per heavy atom. The summed E-state index contributed by atoms with van der Waals surface area (Å²) in [6.45, 7) is 1.51. The van der Waals surface area contributed by atoms with E-state index in [9.17, 15) is 13.2 Å². The molecule has 8 heteroatoms. The Morgan fingerprint density at radius 1 is 1.22 bits per heavy atom. The van der Waals surface area contributed by atoms with Crippen LogP contribution in [0.25, 0.3) is 0 Å². The number of nitrogens with zero attached hydrogens (tertiary/aromatic N) is 1. The van der Waals surface area contributed by atoms with Crippen molar-refractivity contribution in [1.82, 2.24) is 9.71 Å². The van der Waals surface area contributed by atoms with Crippen LogP contribution in [-0.4, -0.2) is 26.4 Å². The summed E-state index contributed by atoms with van der Waals surface area (Å²) in [4.78, 5) is 15.0. The van der Waals surface area contributed by atoms with Gasteiger partial charge in [0.1, 0.15) is 5.75 Å². The Morgan fingerprint density at radius 2 is 1.91 bits per heavy atom. The SMILES string of the molecule is COc1cc(S(=O)(=O)NCc2ccncc2)ccc1NC(C)=O. The molecule has 23 heavy (non-hydrogen) atoms. The van der Waals surface area contributed by atoms with Gasteiger partial charge in [-0.15, -0.1) is 0 Å². The molecule has 0 bridgehead atoms. The molecule has 1 aromatic carbocycles. The van der Waals surface area contributed by atoms with E-state index in [0.717, 1.165) is 5.56 Å². The third-order valence-corrected chi connectivity index (χ3v) is 4.41. The molecule has 1 heterocycles. The van der Waals surface area contributed by atoms with E-state index in [1.54, 1.807) is 24.5 Å². The van der Waals surface area contributed by atoms with Gasteiger partial charge in [-0.1, -0.05) is 0 Å². The zero-order valence-corrected chi connectivity index (χ0v) is 13.6. The van der Waals surface area contributed by atoms with Crippen LogP contribution >= 0.6 is 0 Å². The second-order valence-corrected chi connectivity index (χ2v) is 6.49. The Bertz CT molecular complexity index is 792. The highest BCUT2D eigenvalue weighted by atomic mass is 32.2. The van der Waals surface area contributed by atoms with Crippen molar-refractivity contribution in [3.8, 4) is 5.75 Å². The summed E-state index contributed by atoms with van der Waals surface area (Å²) >= 11 is 0. The second kappa shape index (κ2) is 7.21. The molecular weight excluding hydrogens is 318 g/mol. The van der Waals surface area contributed by atoms with E-state index in [4.69, 9.17) is 4.74 Å². The summed E-state index contributed by atoms with van der Waals surface area (Å²) in [6, 6.07) is 7.70. The standard InChI is InChI=1S/C15H17N3O4S/c1-11(19)18-14-4-3-13(9-15(14)22-2)23(20,21)17-10-12-5-7-16-8-6-12/h3-9,17H,10H2,1-2H3,(H,18,19). The van der Waals surface area contributed by atoms with Crippen LogP contribution in [0.2, 0.25) is 0 Å². The van der Waals surface area contributed by atoms with Crippen molar-refractivity contribution in [3.05, 3.63) is 48.3 Å². The predicted molar refractivity (Wildman–Crippen MR) is 85.6 cm³/mol. The van der Waals surface area contributed by atoms with Gasteiger partial charge in [0.25, 0.3) is 0 Å². The van der Waals surface area contributed by atoms with Gasteiger partial charge in [0.05, 0.1) is 17.7 Å². The van der Waals surface area contributed by atoms with Crippen LogP contribution in [0.4, 0.5) is 5.69 Å². The van der Waals surface area contributed by atoms with Crippen molar-refractivity contribution in [2.45, 2.75) is 18.4 Å². The maximum Gasteiger partial charge on any atom is 0.241 e. The van der Waals surface area contributed by atoms with Gasteiger partial charge in [0.15, 0.2) is 0 Å². The number of hydrogen-bond acceptors (Lipinski definition) is 5. The first kappa shape index (κ1) is 16.9. The minimum atomic E-state index is -3.70. The van der Waals surface area contributed by atoms with Crippen LogP contribution in [0, 0.1) is 0 Å². The highest BCUT2D eigenvalue weighted by molar-refractivity contribution is 7.89. The van der Waals surface area contributed by atoms with Crippen molar-refractivity contribution in [2.24, 2.45) is 0 Å². The molecule has 122 valence electrons. The molecular formula is C15H17N3O4S. The lowest BCUT2D eigenvalue weighted by molar-refractivity contribution is -0.114. The third-order valence-electron chi connectivity index (χ3n) is 3.01. The van der Waals surface area contributed by atoms with Crippen LogP contribution in [0.5, 0.6) is 5.75 Å². The van der Waals surface area contributed by atoms with Crippen LogP contribution in [-0.2, 0) is 21.4 Å². The minimum absolute atomic E-state index is 0.0532. The number of anilines is 1. The summed E-state index contributed by atoms with van der Waals surface area (Å²) < 4.78 is 32.3. The predicted octanol–water partition coefficient (Wildman–Crippen LogP) is 1.53. The maximum atomic E-state index is 12.3. The van der Waals surface area contributed by atoms with E-state index in [2.05, 4.69) is 15.0 Å². The van der Waals surface area contributed by atoms with Crippen molar-refractivity contribution in [3.63, 3.8) is 0 Å². The minimum Gasteiger partial charge on any atom is -0.495 e. The molecule has 0 spiro atoms. The smallest absolute Gasteiger partial charge is 0.241 e. The Balaban J connectivity index is 2.20. The monoisotopic (exact) mass is 335 g/mol. The van der Waals surface area contributed by atoms with Crippen LogP contribution < -0.4 is 14.8 Å². The Kier molecular flexibility index (Phi) is 5.30. The fourth-order valence-corrected chi connectivity index (χ4v) is 2.93. The number of benzene rings is 1. The molecule has 0 saturated heterocycles. The maximum absolute atomic E-state index is 12.3. The number of ether oxygens (including phenoxy) is 1. The van der Waals surface area contributed by atoms with E-state index in [1.165, 1.54) is 32.2 Å². The summed E-state index contributed by atoms with van der Waals surface area (Å²) in [5, 5.41) is 2.57. The summed E-state index contributed by atoms with van der Waals surface area (Å²) in [5.74, 6) is 0.00158. The quantitative estimate of drug-likeness (QED) is 0.834. The number of pyridine rings is 1. The van der Waals surface area contributed by atoms with Gasteiger partial charge in [0, 0.05) is 31.9 Å². The van der Waals surface area contributed by atoms with Crippen molar-refractivity contribution in [1.29, 1.82) is 0 Å². The number of carbonyl (C=O) groups is 1. The molecule has 2 aromatic rings. The lowest BCUT2D eigenvalue weighted by Gasteiger charge is -2.12. The van der Waals surface area contributed by atoms with E-state index >= 15 is 0 Å². The number of methoxy groups -OCH3 is 1. The molecule has 2 N–H and O–H groups in total. The molecule has 7 nitrogen and oxygen atoms in total. The van der Waals surface area contributed by atoms with Gasteiger partial charge >= 0.3 is 0 Å². The van der Waals surface area contributed by atoms with Gasteiger partial charge in [-0.25, -0.2) is 13.1 Å². The highest BCUT2D eigenvalue weighted by Gasteiger charge is 2.16. The molecule has 1 amide bonds. The van der Waals surface area contributed by atoms with E-state index in [-0.39, 0.29) is 23.1 Å². The van der Waals surface area contributed by atoms with Crippen molar-refractivity contribution in [2.75, 3.05) is 12.4 Å². The van der Waals surface area contributed by atoms with E-state index in [0.29, 0.717) is 5.69 Å².